The van der Waals surface area contributed by atoms with Gasteiger partial charge in [0.15, 0.2) is 0 Å². The van der Waals surface area contributed by atoms with Gasteiger partial charge < -0.3 is 4.42 Å². The van der Waals surface area contributed by atoms with Crippen molar-refractivity contribution >= 4 is 11.5 Å². The summed E-state index contributed by atoms with van der Waals surface area (Å²) in [5.41, 5.74) is 3.54. The number of hydrogen-bond acceptors (Lipinski definition) is 2. The Morgan fingerprint density at radius 1 is 0.889 bits per heavy atom. The van der Waals surface area contributed by atoms with Gasteiger partial charge in [0, 0.05) is 5.56 Å². The van der Waals surface area contributed by atoms with Gasteiger partial charge in [-0.3, -0.25) is 0 Å². The van der Waals surface area contributed by atoms with Crippen molar-refractivity contribution in [1.29, 1.82) is 0 Å². The van der Waals surface area contributed by atoms with E-state index in [4.69, 9.17) is 4.42 Å². The van der Waals surface area contributed by atoms with Crippen LogP contribution in [0.3, 0.4) is 0 Å². The van der Waals surface area contributed by atoms with Gasteiger partial charge in [-0.15, -0.1) is 0 Å². The van der Waals surface area contributed by atoms with Gasteiger partial charge in [-0.25, -0.2) is 4.90 Å². The summed E-state index contributed by atoms with van der Waals surface area (Å²) >= 11 is 0. The van der Waals surface area contributed by atoms with E-state index in [1.54, 1.807) is 0 Å². The molecule has 3 nitrogen and oxygen atoms in total. The molecule has 27 heavy (non-hydrogen) atoms. The molecule has 1 aliphatic rings. The highest BCUT2D eigenvalue weighted by Crippen LogP contribution is 2.49. The number of oxazole rings is 1. The zero-order valence-electron chi connectivity index (χ0n) is 17.2. The number of para-hydroxylation sites is 2. The van der Waals surface area contributed by atoms with E-state index < -0.39 is 0 Å². The van der Waals surface area contributed by atoms with E-state index in [0.29, 0.717) is 6.04 Å². The fraction of sp³-hybridized carbons (Fsp3) is 0.375. The van der Waals surface area contributed by atoms with Crippen LogP contribution in [-0.4, -0.2) is 6.04 Å². The van der Waals surface area contributed by atoms with E-state index >= 15 is 0 Å². The molecule has 1 aromatic heterocycles. The highest BCUT2D eigenvalue weighted by molar-refractivity contribution is 5.73. The molecule has 0 unspecified atom stereocenters. The number of fused-ring (bicyclic) bond motifs is 2. The lowest BCUT2D eigenvalue weighted by atomic mass is 9.78. The molecule has 0 saturated heterocycles. The van der Waals surface area contributed by atoms with Gasteiger partial charge in [0.2, 0.25) is 5.76 Å². The Kier molecular flexibility index (Phi) is 4.14. The molecule has 0 amide bonds. The van der Waals surface area contributed by atoms with Crippen molar-refractivity contribution in [2.45, 2.75) is 58.9 Å². The van der Waals surface area contributed by atoms with Crippen LogP contribution in [0, 0.1) is 0 Å². The largest absolute Gasteiger partial charge is 0.421 e. The molecule has 1 aliphatic heterocycles. The smallest absolute Gasteiger partial charge is 0.330 e. The number of nitrogens with zero attached hydrogens (tertiary/aromatic N) is 2. The first-order chi connectivity index (χ1) is 12.8. The van der Waals surface area contributed by atoms with Crippen LogP contribution in [0.15, 0.2) is 59.0 Å². The monoisotopic (exact) mass is 361 g/mol. The fourth-order valence-electron chi connectivity index (χ4n) is 4.20. The summed E-state index contributed by atoms with van der Waals surface area (Å²) in [5, 5.41) is 0. The van der Waals surface area contributed by atoms with E-state index in [-0.39, 0.29) is 11.3 Å². The molecule has 2 aromatic carbocycles. The summed E-state index contributed by atoms with van der Waals surface area (Å²) in [7, 11) is 0. The number of aromatic nitrogens is 1. The number of anilines is 2. The topological polar surface area (TPSA) is 20.3 Å². The first-order valence-corrected chi connectivity index (χ1v) is 9.87. The number of benzene rings is 2. The summed E-state index contributed by atoms with van der Waals surface area (Å²) in [4.78, 5) is 2.43. The van der Waals surface area contributed by atoms with Gasteiger partial charge in [0.25, 0.3) is 5.89 Å². The molecule has 3 aromatic rings. The zero-order chi connectivity index (χ0) is 19.3. The molecule has 0 saturated carbocycles. The zero-order valence-corrected chi connectivity index (χ0v) is 17.2. The molecule has 0 spiro atoms. The first kappa shape index (κ1) is 17.8. The molecule has 0 radical (unpaired) electrons. The second-order valence-electron chi connectivity index (χ2n) is 8.52. The third kappa shape index (κ3) is 2.60. The van der Waals surface area contributed by atoms with Crippen molar-refractivity contribution in [1.82, 2.24) is 0 Å². The molecule has 140 valence electrons. The lowest BCUT2D eigenvalue weighted by molar-refractivity contribution is -0.597. The Hall–Kier alpha value is -2.55. The Morgan fingerprint density at radius 2 is 1.52 bits per heavy atom. The van der Waals surface area contributed by atoms with Crippen molar-refractivity contribution in [2.24, 2.45) is 0 Å². The Balaban J connectivity index is 2.11. The fourth-order valence-corrected chi connectivity index (χ4v) is 4.20. The third-order valence-electron chi connectivity index (χ3n) is 5.50. The van der Waals surface area contributed by atoms with Crippen molar-refractivity contribution in [3.63, 3.8) is 0 Å². The predicted octanol–water partition coefficient (Wildman–Crippen LogP) is 5.87. The Bertz CT molecular complexity index is 967. The highest BCUT2D eigenvalue weighted by atomic mass is 16.4. The second kappa shape index (κ2) is 6.26. The number of hydrogen-bond donors (Lipinski definition) is 0. The van der Waals surface area contributed by atoms with Gasteiger partial charge in [0.1, 0.15) is 11.4 Å². The standard InChI is InChI=1S/C24H29N2O/c1-16(2)23-26(18-12-8-7-9-13-18)22-21(27-23)24(5,6)19-14-10-11-15-20(19)25(22)17(3)4/h7-17H,1-6H3/q+1. The summed E-state index contributed by atoms with van der Waals surface area (Å²) in [5.74, 6) is 3.48. The van der Waals surface area contributed by atoms with Crippen LogP contribution in [0.2, 0.25) is 0 Å². The minimum absolute atomic E-state index is 0.193. The van der Waals surface area contributed by atoms with E-state index in [9.17, 15) is 0 Å². The Morgan fingerprint density at radius 3 is 2.15 bits per heavy atom. The van der Waals surface area contributed by atoms with Crippen molar-refractivity contribution < 1.29 is 8.98 Å². The van der Waals surface area contributed by atoms with E-state index in [0.717, 1.165) is 23.2 Å². The Labute approximate surface area is 162 Å². The maximum Gasteiger partial charge on any atom is 0.330 e. The van der Waals surface area contributed by atoms with Crippen molar-refractivity contribution in [2.75, 3.05) is 4.90 Å². The molecular formula is C24H29N2O+. The highest BCUT2D eigenvalue weighted by Gasteiger charge is 2.49. The molecule has 0 atom stereocenters. The molecule has 0 N–H and O–H groups in total. The van der Waals surface area contributed by atoms with Crippen molar-refractivity contribution in [3.8, 4) is 5.69 Å². The van der Waals surface area contributed by atoms with E-state index in [1.807, 2.05) is 0 Å². The summed E-state index contributed by atoms with van der Waals surface area (Å²) in [6.45, 7) is 13.4. The summed E-state index contributed by atoms with van der Waals surface area (Å²) in [6.07, 6.45) is 0. The maximum atomic E-state index is 6.63. The number of rotatable bonds is 3. The van der Waals surface area contributed by atoms with E-state index in [2.05, 4.69) is 106 Å². The quantitative estimate of drug-likeness (QED) is 0.544. The van der Waals surface area contributed by atoms with Crippen LogP contribution in [0.4, 0.5) is 11.5 Å². The molecule has 3 heteroatoms. The van der Waals surface area contributed by atoms with Crippen molar-refractivity contribution in [3.05, 3.63) is 71.8 Å². The molecule has 4 rings (SSSR count). The maximum absolute atomic E-state index is 6.63. The average molecular weight is 362 g/mol. The van der Waals surface area contributed by atoms with Crippen LogP contribution < -0.4 is 9.47 Å². The molecule has 0 fully saturated rings. The normalized spacial score (nSPS) is 15.2. The SMILES string of the molecule is CC(C)c1oc2c([n+]1-c1ccccc1)N(C(C)C)c1ccccc1C2(C)C. The van der Waals surface area contributed by atoms with E-state index in [1.165, 1.54) is 11.3 Å². The van der Waals surface area contributed by atoms with Gasteiger partial charge in [-0.05, 0) is 45.9 Å². The molecule has 0 aliphatic carbocycles. The van der Waals surface area contributed by atoms with Gasteiger partial charge in [-0.1, -0.05) is 50.2 Å². The van der Waals surface area contributed by atoms with Crippen LogP contribution in [-0.2, 0) is 5.41 Å². The summed E-state index contributed by atoms with van der Waals surface area (Å²) < 4.78 is 8.94. The minimum Gasteiger partial charge on any atom is -0.421 e. The average Bonchev–Trinajstić information content (AvgIpc) is 3.04. The molecular weight excluding hydrogens is 332 g/mol. The van der Waals surface area contributed by atoms with Crippen LogP contribution in [0.1, 0.15) is 64.7 Å². The van der Waals surface area contributed by atoms with Gasteiger partial charge in [0.05, 0.1) is 17.4 Å². The first-order valence-electron chi connectivity index (χ1n) is 9.87. The second-order valence-corrected chi connectivity index (χ2v) is 8.52. The van der Waals surface area contributed by atoms with Crippen LogP contribution >= 0.6 is 0 Å². The third-order valence-corrected chi connectivity index (χ3v) is 5.50. The van der Waals surface area contributed by atoms with Crippen LogP contribution in [0.5, 0.6) is 0 Å². The van der Waals surface area contributed by atoms with Gasteiger partial charge >= 0.3 is 5.82 Å². The van der Waals surface area contributed by atoms with Gasteiger partial charge in [-0.2, -0.15) is 4.57 Å². The van der Waals surface area contributed by atoms with Crippen LogP contribution in [0.25, 0.3) is 5.69 Å². The minimum atomic E-state index is -0.193. The summed E-state index contributed by atoms with van der Waals surface area (Å²) in [6, 6.07) is 19.6. The molecule has 2 heterocycles. The lowest BCUT2D eigenvalue weighted by Gasteiger charge is -2.34. The predicted molar refractivity (Wildman–Crippen MR) is 110 cm³/mol. The lowest BCUT2D eigenvalue weighted by Crippen LogP contribution is -2.46. The molecule has 0 bridgehead atoms.